The van der Waals surface area contributed by atoms with E-state index in [4.69, 9.17) is 0 Å². The molecule has 2 nitrogen and oxygen atoms in total. The van der Waals surface area contributed by atoms with Crippen LogP contribution in [0.4, 0.5) is 17.6 Å². The van der Waals surface area contributed by atoms with Crippen molar-refractivity contribution in [3.05, 3.63) is 71.0 Å². The highest BCUT2D eigenvalue weighted by atomic mass is 19.4. The fourth-order valence-corrected chi connectivity index (χ4v) is 3.66. The third-order valence-corrected chi connectivity index (χ3v) is 5.31. The molecule has 4 rings (SSSR count). The average Bonchev–Trinajstić information content (AvgIpc) is 3.53. The highest BCUT2D eigenvalue weighted by Gasteiger charge is 2.50. The molecule has 2 saturated carbocycles. The van der Waals surface area contributed by atoms with Gasteiger partial charge in [0.05, 0.1) is 5.56 Å². The number of carbonyl (C=O) groups excluding carboxylic acids is 1. The molecule has 0 heterocycles. The molecule has 2 aliphatic rings. The summed E-state index contributed by atoms with van der Waals surface area (Å²) >= 11 is 0. The Bertz CT molecular complexity index is 842. The third-order valence-electron chi connectivity index (χ3n) is 5.31. The highest BCUT2D eigenvalue weighted by Crippen LogP contribution is 2.52. The minimum absolute atomic E-state index is 0.0937. The van der Waals surface area contributed by atoms with Gasteiger partial charge in [-0.1, -0.05) is 30.3 Å². The standard InChI is InChI=1S/C21H19F4NO/c22-14-7-5-13(6-8-14)12-26(15-9-10-15)20(27)18-11-17(18)16-3-1-2-4-19(16)21(23,24)25/h1-8,15,17-18H,9-12H2. The van der Waals surface area contributed by atoms with Crippen molar-refractivity contribution in [1.29, 1.82) is 0 Å². The molecule has 2 aromatic rings. The average molecular weight is 377 g/mol. The molecule has 0 aromatic heterocycles. The second-order valence-electron chi connectivity index (χ2n) is 7.36. The number of carbonyl (C=O) groups is 1. The molecule has 0 bridgehead atoms. The van der Waals surface area contributed by atoms with Gasteiger partial charge in [-0.05, 0) is 54.5 Å². The van der Waals surface area contributed by atoms with Crippen LogP contribution in [0.25, 0.3) is 0 Å². The second kappa shape index (κ2) is 6.66. The van der Waals surface area contributed by atoms with Gasteiger partial charge in [-0.25, -0.2) is 4.39 Å². The third kappa shape index (κ3) is 3.84. The van der Waals surface area contributed by atoms with E-state index in [1.54, 1.807) is 23.1 Å². The Hall–Kier alpha value is -2.37. The zero-order valence-corrected chi connectivity index (χ0v) is 14.5. The van der Waals surface area contributed by atoms with Gasteiger partial charge in [0.25, 0.3) is 0 Å². The predicted octanol–water partition coefficient (Wildman–Crippen LogP) is 5.14. The lowest BCUT2D eigenvalue weighted by molar-refractivity contribution is -0.139. The van der Waals surface area contributed by atoms with E-state index in [2.05, 4.69) is 0 Å². The number of amides is 1. The zero-order valence-electron chi connectivity index (χ0n) is 14.5. The Labute approximate surface area is 154 Å². The van der Waals surface area contributed by atoms with Gasteiger partial charge in [-0.15, -0.1) is 0 Å². The number of hydrogen-bond donors (Lipinski definition) is 0. The Morgan fingerprint density at radius 3 is 2.33 bits per heavy atom. The van der Waals surface area contributed by atoms with Crippen molar-refractivity contribution < 1.29 is 22.4 Å². The van der Waals surface area contributed by atoms with Gasteiger partial charge in [0.1, 0.15) is 5.82 Å². The van der Waals surface area contributed by atoms with Crippen LogP contribution in [0, 0.1) is 11.7 Å². The first-order chi connectivity index (χ1) is 12.8. The van der Waals surface area contributed by atoms with Gasteiger partial charge in [0.2, 0.25) is 5.91 Å². The quantitative estimate of drug-likeness (QED) is 0.661. The first kappa shape index (κ1) is 18.0. The van der Waals surface area contributed by atoms with Crippen LogP contribution in [-0.4, -0.2) is 16.8 Å². The van der Waals surface area contributed by atoms with Crippen LogP contribution in [0.5, 0.6) is 0 Å². The zero-order chi connectivity index (χ0) is 19.2. The first-order valence-electron chi connectivity index (χ1n) is 9.05. The fraction of sp³-hybridized carbons (Fsp3) is 0.381. The molecule has 27 heavy (non-hydrogen) atoms. The number of benzene rings is 2. The summed E-state index contributed by atoms with van der Waals surface area (Å²) in [6.45, 7) is 0.369. The maximum atomic E-state index is 13.3. The number of hydrogen-bond acceptors (Lipinski definition) is 1. The maximum Gasteiger partial charge on any atom is 0.416 e. The van der Waals surface area contributed by atoms with E-state index < -0.39 is 17.7 Å². The van der Waals surface area contributed by atoms with Crippen LogP contribution >= 0.6 is 0 Å². The van der Waals surface area contributed by atoms with Crippen LogP contribution in [0.1, 0.15) is 41.9 Å². The second-order valence-corrected chi connectivity index (χ2v) is 7.36. The summed E-state index contributed by atoms with van der Waals surface area (Å²) in [5, 5.41) is 0. The Balaban J connectivity index is 1.51. The van der Waals surface area contributed by atoms with Crippen molar-refractivity contribution in [2.24, 2.45) is 5.92 Å². The normalized spacial score (nSPS) is 21.8. The molecular weight excluding hydrogens is 358 g/mol. The van der Waals surface area contributed by atoms with E-state index in [0.29, 0.717) is 13.0 Å². The van der Waals surface area contributed by atoms with Crippen LogP contribution in [0.3, 0.4) is 0 Å². The van der Waals surface area contributed by atoms with Crippen LogP contribution in [0.15, 0.2) is 48.5 Å². The Morgan fingerprint density at radius 2 is 1.70 bits per heavy atom. The summed E-state index contributed by atoms with van der Waals surface area (Å²) in [7, 11) is 0. The summed E-state index contributed by atoms with van der Waals surface area (Å²) in [4.78, 5) is 14.7. The molecule has 0 aliphatic heterocycles. The van der Waals surface area contributed by atoms with Crippen molar-refractivity contribution in [3.8, 4) is 0 Å². The molecule has 142 valence electrons. The van der Waals surface area contributed by atoms with Crippen molar-refractivity contribution in [1.82, 2.24) is 4.90 Å². The molecule has 0 N–H and O–H groups in total. The van der Waals surface area contributed by atoms with E-state index in [9.17, 15) is 22.4 Å². The van der Waals surface area contributed by atoms with Crippen molar-refractivity contribution in [2.75, 3.05) is 0 Å². The smallest absolute Gasteiger partial charge is 0.335 e. The van der Waals surface area contributed by atoms with E-state index in [-0.39, 0.29) is 29.2 Å². The van der Waals surface area contributed by atoms with Crippen molar-refractivity contribution in [3.63, 3.8) is 0 Å². The van der Waals surface area contributed by atoms with Crippen LogP contribution in [-0.2, 0) is 17.5 Å². The van der Waals surface area contributed by atoms with Gasteiger partial charge in [0, 0.05) is 18.5 Å². The maximum absolute atomic E-state index is 13.3. The molecule has 1 amide bonds. The van der Waals surface area contributed by atoms with Gasteiger partial charge < -0.3 is 4.90 Å². The predicted molar refractivity (Wildman–Crippen MR) is 92.3 cm³/mol. The Morgan fingerprint density at radius 1 is 1.04 bits per heavy atom. The van der Waals surface area contributed by atoms with Gasteiger partial charge in [-0.3, -0.25) is 4.79 Å². The first-order valence-corrected chi connectivity index (χ1v) is 9.05. The van der Waals surface area contributed by atoms with Gasteiger partial charge in [-0.2, -0.15) is 13.2 Å². The van der Waals surface area contributed by atoms with Crippen LogP contribution in [0.2, 0.25) is 0 Å². The number of rotatable bonds is 5. The Kier molecular flexibility index (Phi) is 4.44. The summed E-state index contributed by atoms with van der Waals surface area (Å²) in [6.07, 6.45) is -2.16. The van der Waals surface area contributed by atoms with Gasteiger partial charge in [0.15, 0.2) is 0 Å². The molecular formula is C21H19F4NO. The van der Waals surface area contributed by atoms with Crippen molar-refractivity contribution in [2.45, 2.75) is 43.9 Å². The number of alkyl halides is 3. The van der Waals surface area contributed by atoms with E-state index in [1.165, 1.54) is 24.3 Å². The van der Waals surface area contributed by atoms with E-state index in [1.807, 2.05) is 0 Å². The molecule has 2 atom stereocenters. The van der Waals surface area contributed by atoms with Gasteiger partial charge >= 0.3 is 6.18 Å². The highest BCUT2D eigenvalue weighted by molar-refractivity contribution is 5.83. The summed E-state index contributed by atoms with van der Waals surface area (Å²) in [5.74, 6) is -1.22. The molecule has 2 aromatic carbocycles. The SMILES string of the molecule is O=C(C1CC1c1ccccc1C(F)(F)F)N(Cc1ccc(F)cc1)C1CC1. The summed E-state index contributed by atoms with van der Waals surface area (Å²) in [5.41, 5.74) is 0.382. The largest absolute Gasteiger partial charge is 0.416 e. The molecule has 6 heteroatoms. The molecule has 0 radical (unpaired) electrons. The molecule has 2 fully saturated rings. The lowest BCUT2D eigenvalue weighted by atomic mass is 10.0. The molecule has 0 spiro atoms. The van der Waals surface area contributed by atoms with Crippen molar-refractivity contribution >= 4 is 5.91 Å². The molecule has 2 aliphatic carbocycles. The minimum atomic E-state index is -4.42. The molecule has 0 saturated heterocycles. The lowest BCUT2D eigenvalue weighted by Crippen LogP contribution is -2.34. The summed E-state index contributed by atoms with van der Waals surface area (Å²) < 4.78 is 52.9. The van der Waals surface area contributed by atoms with E-state index >= 15 is 0 Å². The lowest BCUT2D eigenvalue weighted by Gasteiger charge is -2.23. The number of nitrogens with zero attached hydrogens (tertiary/aromatic N) is 1. The monoisotopic (exact) mass is 377 g/mol. The van der Waals surface area contributed by atoms with Crippen LogP contribution < -0.4 is 0 Å². The fourth-order valence-electron chi connectivity index (χ4n) is 3.66. The molecule has 2 unspecified atom stereocenters. The topological polar surface area (TPSA) is 20.3 Å². The summed E-state index contributed by atoms with van der Waals surface area (Å²) in [6, 6.07) is 11.6. The minimum Gasteiger partial charge on any atom is -0.335 e. The van der Waals surface area contributed by atoms with E-state index in [0.717, 1.165) is 24.5 Å². The number of halogens is 4.